The standard InChI is InChI=1S/C16H11Cl3N2O3S/c1-24-15(23)9-4-2-8(3-5-9)14(22)21-16(25)20-13-7-11(18)10(17)6-12(13)19/h2-7H,1H3,(H2,20,21,22,25). The lowest BCUT2D eigenvalue weighted by Crippen LogP contribution is -2.34. The van der Waals surface area contributed by atoms with Crippen LogP contribution in [0.2, 0.25) is 15.1 Å². The normalized spacial score (nSPS) is 10.1. The highest BCUT2D eigenvalue weighted by Crippen LogP contribution is 2.32. The third-order valence-electron chi connectivity index (χ3n) is 3.05. The van der Waals surface area contributed by atoms with Gasteiger partial charge < -0.3 is 10.1 Å². The molecule has 0 unspecified atom stereocenters. The molecule has 0 saturated carbocycles. The minimum absolute atomic E-state index is 0.0299. The maximum atomic E-state index is 12.2. The summed E-state index contributed by atoms with van der Waals surface area (Å²) in [5.74, 6) is -0.941. The fourth-order valence-electron chi connectivity index (χ4n) is 1.82. The molecule has 0 spiro atoms. The van der Waals surface area contributed by atoms with E-state index in [0.717, 1.165) is 0 Å². The Hall–Kier alpha value is -1.86. The van der Waals surface area contributed by atoms with E-state index in [1.807, 2.05) is 0 Å². The van der Waals surface area contributed by atoms with E-state index in [4.69, 9.17) is 47.0 Å². The van der Waals surface area contributed by atoms with Crippen molar-refractivity contribution in [1.82, 2.24) is 5.32 Å². The summed E-state index contributed by atoms with van der Waals surface area (Å²) in [6.07, 6.45) is 0. The smallest absolute Gasteiger partial charge is 0.337 e. The number of thiocarbonyl (C=S) groups is 1. The van der Waals surface area contributed by atoms with E-state index in [0.29, 0.717) is 31.9 Å². The number of ether oxygens (including phenoxy) is 1. The Labute approximate surface area is 164 Å². The second-order valence-corrected chi connectivity index (χ2v) is 6.35. The van der Waals surface area contributed by atoms with Crippen LogP contribution in [0.5, 0.6) is 0 Å². The number of amides is 1. The van der Waals surface area contributed by atoms with Crippen LogP contribution in [0.1, 0.15) is 20.7 Å². The third-order valence-corrected chi connectivity index (χ3v) is 4.29. The maximum absolute atomic E-state index is 12.2. The number of methoxy groups -OCH3 is 1. The average Bonchev–Trinajstić information content (AvgIpc) is 2.59. The first-order valence-corrected chi connectivity index (χ1v) is 8.31. The van der Waals surface area contributed by atoms with Gasteiger partial charge in [0.2, 0.25) is 0 Å². The molecule has 2 N–H and O–H groups in total. The average molecular weight is 418 g/mol. The first kappa shape index (κ1) is 19.5. The number of rotatable bonds is 3. The Balaban J connectivity index is 2.04. The van der Waals surface area contributed by atoms with Crippen molar-refractivity contribution >= 4 is 69.7 Å². The number of esters is 1. The van der Waals surface area contributed by atoms with Gasteiger partial charge in [-0.2, -0.15) is 0 Å². The lowest BCUT2D eigenvalue weighted by atomic mass is 10.1. The van der Waals surface area contributed by atoms with E-state index in [1.165, 1.54) is 43.5 Å². The zero-order valence-electron chi connectivity index (χ0n) is 12.7. The molecule has 0 fully saturated rings. The maximum Gasteiger partial charge on any atom is 0.337 e. The highest BCUT2D eigenvalue weighted by Gasteiger charge is 2.12. The molecule has 130 valence electrons. The van der Waals surface area contributed by atoms with Crippen molar-refractivity contribution < 1.29 is 14.3 Å². The van der Waals surface area contributed by atoms with Gasteiger partial charge in [0.25, 0.3) is 5.91 Å². The number of benzene rings is 2. The summed E-state index contributed by atoms with van der Waals surface area (Å²) in [6, 6.07) is 8.88. The van der Waals surface area contributed by atoms with E-state index in [9.17, 15) is 9.59 Å². The molecule has 9 heteroatoms. The van der Waals surface area contributed by atoms with Crippen molar-refractivity contribution in [3.63, 3.8) is 0 Å². The van der Waals surface area contributed by atoms with Gasteiger partial charge in [0.05, 0.1) is 33.4 Å². The summed E-state index contributed by atoms with van der Waals surface area (Å²) in [5, 5.41) is 6.19. The highest BCUT2D eigenvalue weighted by atomic mass is 35.5. The minimum atomic E-state index is -0.488. The summed E-state index contributed by atoms with van der Waals surface area (Å²) < 4.78 is 4.59. The Morgan fingerprint density at radius 2 is 1.52 bits per heavy atom. The molecule has 25 heavy (non-hydrogen) atoms. The van der Waals surface area contributed by atoms with Gasteiger partial charge in [-0.05, 0) is 48.6 Å². The minimum Gasteiger partial charge on any atom is -0.465 e. The molecule has 0 radical (unpaired) electrons. The van der Waals surface area contributed by atoms with Crippen molar-refractivity contribution in [2.45, 2.75) is 0 Å². The second kappa shape index (κ2) is 8.49. The SMILES string of the molecule is COC(=O)c1ccc(C(=O)NC(=S)Nc2cc(Cl)c(Cl)cc2Cl)cc1. The zero-order valence-corrected chi connectivity index (χ0v) is 15.8. The number of carbonyl (C=O) groups is 2. The Morgan fingerprint density at radius 1 is 0.960 bits per heavy atom. The van der Waals surface area contributed by atoms with E-state index < -0.39 is 11.9 Å². The van der Waals surface area contributed by atoms with Crippen LogP contribution in [0.25, 0.3) is 0 Å². The van der Waals surface area contributed by atoms with Crippen molar-refractivity contribution in [3.8, 4) is 0 Å². The van der Waals surface area contributed by atoms with Crippen molar-refractivity contribution in [3.05, 3.63) is 62.6 Å². The van der Waals surface area contributed by atoms with Gasteiger partial charge in [-0.25, -0.2) is 4.79 Å². The topological polar surface area (TPSA) is 67.4 Å². The van der Waals surface area contributed by atoms with Crippen LogP contribution in [0.15, 0.2) is 36.4 Å². The summed E-state index contributed by atoms with van der Waals surface area (Å²) in [4.78, 5) is 23.5. The van der Waals surface area contributed by atoms with Gasteiger partial charge in [-0.1, -0.05) is 34.8 Å². The molecule has 0 aromatic heterocycles. The quantitative estimate of drug-likeness (QED) is 0.435. The van der Waals surface area contributed by atoms with Crippen LogP contribution in [-0.4, -0.2) is 24.1 Å². The molecule has 0 atom stereocenters. The van der Waals surface area contributed by atoms with E-state index in [-0.39, 0.29) is 5.11 Å². The molecule has 2 aromatic rings. The molecule has 0 heterocycles. The molecule has 0 bridgehead atoms. The van der Waals surface area contributed by atoms with Crippen LogP contribution in [0, 0.1) is 0 Å². The Kier molecular flexibility index (Phi) is 6.61. The van der Waals surface area contributed by atoms with E-state index in [1.54, 1.807) is 0 Å². The fraction of sp³-hybridized carbons (Fsp3) is 0.0625. The van der Waals surface area contributed by atoms with Crippen LogP contribution in [-0.2, 0) is 4.74 Å². The Bertz CT molecular complexity index is 841. The van der Waals surface area contributed by atoms with Gasteiger partial charge in [-0.15, -0.1) is 0 Å². The molecule has 2 rings (SSSR count). The number of carbonyl (C=O) groups excluding carboxylic acids is 2. The fourth-order valence-corrected chi connectivity index (χ4v) is 2.62. The van der Waals surface area contributed by atoms with Crippen LogP contribution in [0.3, 0.4) is 0 Å². The van der Waals surface area contributed by atoms with Crippen molar-refractivity contribution in [2.75, 3.05) is 12.4 Å². The molecule has 0 aliphatic heterocycles. The molecule has 0 saturated heterocycles. The van der Waals surface area contributed by atoms with Gasteiger partial charge in [0.15, 0.2) is 5.11 Å². The number of halogens is 3. The van der Waals surface area contributed by atoms with Gasteiger partial charge in [0.1, 0.15) is 0 Å². The predicted molar refractivity (Wildman–Crippen MR) is 103 cm³/mol. The first-order chi connectivity index (χ1) is 11.8. The van der Waals surface area contributed by atoms with Gasteiger partial charge in [0, 0.05) is 5.56 Å². The molecule has 0 aliphatic rings. The largest absolute Gasteiger partial charge is 0.465 e. The zero-order chi connectivity index (χ0) is 18.6. The molecule has 1 amide bonds. The predicted octanol–water partition coefficient (Wildman–Crippen LogP) is 4.56. The van der Waals surface area contributed by atoms with Gasteiger partial charge in [-0.3, -0.25) is 10.1 Å². The van der Waals surface area contributed by atoms with Crippen LogP contribution in [0.4, 0.5) is 5.69 Å². The molecule has 0 aliphatic carbocycles. The summed E-state index contributed by atoms with van der Waals surface area (Å²) >= 11 is 22.9. The first-order valence-electron chi connectivity index (χ1n) is 6.77. The van der Waals surface area contributed by atoms with E-state index in [2.05, 4.69) is 15.4 Å². The second-order valence-electron chi connectivity index (χ2n) is 4.72. The van der Waals surface area contributed by atoms with Crippen molar-refractivity contribution in [2.24, 2.45) is 0 Å². The summed E-state index contributed by atoms with van der Waals surface area (Å²) in [7, 11) is 1.28. The van der Waals surface area contributed by atoms with Crippen LogP contribution >= 0.6 is 47.0 Å². The molecule has 5 nitrogen and oxygen atoms in total. The van der Waals surface area contributed by atoms with Gasteiger partial charge >= 0.3 is 5.97 Å². The van der Waals surface area contributed by atoms with Crippen molar-refractivity contribution in [1.29, 1.82) is 0 Å². The number of nitrogens with one attached hydrogen (secondary N) is 2. The van der Waals surface area contributed by atoms with Crippen LogP contribution < -0.4 is 10.6 Å². The highest BCUT2D eigenvalue weighted by molar-refractivity contribution is 7.80. The molecule has 2 aromatic carbocycles. The number of hydrogen-bond acceptors (Lipinski definition) is 4. The summed E-state index contributed by atoms with van der Waals surface area (Å²) in [6.45, 7) is 0. The number of anilines is 1. The third kappa shape index (κ3) is 5.06. The number of hydrogen-bond donors (Lipinski definition) is 2. The molecular weight excluding hydrogens is 407 g/mol. The van der Waals surface area contributed by atoms with E-state index >= 15 is 0 Å². The lowest BCUT2D eigenvalue weighted by molar-refractivity contribution is 0.0600. The monoisotopic (exact) mass is 416 g/mol. The molecular formula is C16H11Cl3N2O3S. The lowest BCUT2D eigenvalue weighted by Gasteiger charge is -2.12. The Morgan fingerprint density at radius 3 is 2.12 bits per heavy atom. The summed E-state index contributed by atoms with van der Waals surface area (Å²) in [5.41, 5.74) is 1.06.